The van der Waals surface area contributed by atoms with E-state index in [1.54, 1.807) is 22.7 Å². The normalized spacial score (nSPS) is 17.1. The molecule has 1 aliphatic rings. The number of thiazole rings is 1. The first-order valence-electron chi connectivity index (χ1n) is 6.72. The molecule has 0 atom stereocenters. The summed E-state index contributed by atoms with van der Waals surface area (Å²) in [7, 11) is 2.06. The third-order valence-corrected chi connectivity index (χ3v) is 5.32. The first-order valence-corrected chi connectivity index (χ1v) is 8.54. The SMILES string of the molecule is CNC1CCN(Cc2csc(-c3ccsc3)n2)CC1.Cl. The molecule has 3 rings (SSSR count). The third kappa shape index (κ3) is 3.80. The lowest BCUT2D eigenvalue weighted by Crippen LogP contribution is -2.40. The summed E-state index contributed by atoms with van der Waals surface area (Å²) >= 11 is 3.49. The number of aromatic nitrogens is 1. The minimum Gasteiger partial charge on any atom is -0.317 e. The highest BCUT2D eigenvalue weighted by Crippen LogP contribution is 2.26. The lowest BCUT2D eigenvalue weighted by atomic mass is 10.1. The molecule has 0 saturated carbocycles. The molecule has 0 radical (unpaired) electrons. The van der Waals surface area contributed by atoms with Gasteiger partial charge in [-0.2, -0.15) is 11.3 Å². The molecule has 0 amide bonds. The lowest BCUT2D eigenvalue weighted by Gasteiger charge is -2.31. The van der Waals surface area contributed by atoms with Gasteiger partial charge in [-0.3, -0.25) is 4.90 Å². The minimum atomic E-state index is 0. The first kappa shape index (κ1) is 15.9. The average molecular weight is 330 g/mol. The van der Waals surface area contributed by atoms with Crippen LogP contribution < -0.4 is 5.32 Å². The fourth-order valence-electron chi connectivity index (χ4n) is 2.51. The van der Waals surface area contributed by atoms with Crippen LogP contribution in [0.2, 0.25) is 0 Å². The lowest BCUT2D eigenvalue weighted by molar-refractivity contribution is 0.193. The molecule has 2 aromatic rings. The maximum atomic E-state index is 4.75. The molecule has 1 saturated heterocycles. The molecule has 0 aromatic carbocycles. The number of rotatable bonds is 4. The molecule has 3 nitrogen and oxygen atoms in total. The molecule has 6 heteroatoms. The van der Waals surface area contributed by atoms with E-state index in [9.17, 15) is 0 Å². The van der Waals surface area contributed by atoms with Crippen molar-refractivity contribution in [3.05, 3.63) is 27.9 Å². The van der Waals surface area contributed by atoms with Gasteiger partial charge < -0.3 is 5.32 Å². The van der Waals surface area contributed by atoms with Gasteiger partial charge in [-0.1, -0.05) is 0 Å². The number of likely N-dealkylation sites (tertiary alicyclic amines) is 1. The third-order valence-electron chi connectivity index (χ3n) is 3.70. The van der Waals surface area contributed by atoms with Gasteiger partial charge in [0.1, 0.15) is 5.01 Å². The van der Waals surface area contributed by atoms with Crippen molar-refractivity contribution in [1.82, 2.24) is 15.2 Å². The van der Waals surface area contributed by atoms with E-state index in [0.717, 1.165) is 11.6 Å². The van der Waals surface area contributed by atoms with E-state index < -0.39 is 0 Å². The highest BCUT2D eigenvalue weighted by molar-refractivity contribution is 7.14. The van der Waals surface area contributed by atoms with Crippen molar-refractivity contribution in [2.75, 3.05) is 20.1 Å². The van der Waals surface area contributed by atoms with Gasteiger partial charge >= 0.3 is 0 Å². The molecule has 0 spiro atoms. The quantitative estimate of drug-likeness (QED) is 0.930. The number of hydrogen-bond donors (Lipinski definition) is 1. The zero-order valence-corrected chi connectivity index (χ0v) is 14.0. The van der Waals surface area contributed by atoms with Gasteiger partial charge in [0.15, 0.2) is 0 Å². The maximum Gasteiger partial charge on any atom is 0.124 e. The van der Waals surface area contributed by atoms with Gasteiger partial charge in [-0.15, -0.1) is 23.7 Å². The molecule has 1 aliphatic heterocycles. The summed E-state index contributed by atoms with van der Waals surface area (Å²) in [6.45, 7) is 3.35. The molecule has 110 valence electrons. The number of piperidine rings is 1. The van der Waals surface area contributed by atoms with Crippen LogP contribution in [0.4, 0.5) is 0 Å². The molecule has 0 unspecified atom stereocenters. The van der Waals surface area contributed by atoms with Crippen LogP contribution in [0.1, 0.15) is 18.5 Å². The number of nitrogens with zero attached hydrogens (tertiary/aromatic N) is 2. The zero-order valence-electron chi connectivity index (χ0n) is 11.5. The molecule has 2 aromatic heterocycles. The van der Waals surface area contributed by atoms with Crippen molar-refractivity contribution < 1.29 is 0 Å². The van der Waals surface area contributed by atoms with E-state index in [1.807, 2.05) is 0 Å². The summed E-state index contributed by atoms with van der Waals surface area (Å²) < 4.78 is 0. The summed E-state index contributed by atoms with van der Waals surface area (Å²) in [4.78, 5) is 7.27. The Hall–Kier alpha value is -0.460. The Morgan fingerprint density at radius 3 is 2.80 bits per heavy atom. The van der Waals surface area contributed by atoms with Crippen molar-refractivity contribution in [3.8, 4) is 10.6 Å². The maximum absolute atomic E-state index is 4.75. The van der Waals surface area contributed by atoms with Crippen LogP contribution in [-0.2, 0) is 6.54 Å². The molecule has 0 aliphatic carbocycles. The van der Waals surface area contributed by atoms with E-state index >= 15 is 0 Å². The Bertz CT molecular complexity index is 504. The van der Waals surface area contributed by atoms with E-state index in [1.165, 1.54) is 37.2 Å². The zero-order chi connectivity index (χ0) is 13.1. The van der Waals surface area contributed by atoms with E-state index in [2.05, 4.69) is 39.5 Å². The molecule has 1 fully saturated rings. The summed E-state index contributed by atoms with van der Waals surface area (Å²) in [5.41, 5.74) is 2.48. The molecule has 0 bridgehead atoms. The smallest absolute Gasteiger partial charge is 0.124 e. The second-order valence-electron chi connectivity index (χ2n) is 5.00. The first-order chi connectivity index (χ1) is 9.35. The van der Waals surface area contributed by atoms with Crippen molar-refractivity contribution in [2.24, 2.45) is 0 Å². The van der Waals surface area contributed by atoms with Crippen LogP contribution in [0.3, 0.4) is 0 Å². The van der Waals surface area contributed by atoms with E-state index in [-0.39, 0.29) is 12.4 Å². The van der Waals surface area contributed by atoms with Gasteiger partial charge in [-0.25, -0.2) is 4.98 Å². The molecule has 3 heterocycles. The van der Waals surface area contributed by atoms with E-state index in [4.69, 9.17) is 4.98 Å². The fourth-order valence-corrected chi connectivity index (χ4v) is 4.03. The van der Waals surface area contributed by atoms with Crippen LogP contribution in [0.15, 0.2) is 22.2 Å². The predicted molar refractivity (Wildman–Crippen MR) is 90.0 cm³/mol. The number of halogens is 1. The van der Waals surface area contributed by atoms with Gasteiger partial charge in [0.2, 0.25) is 0 Å². The highest BCUT2D eigenvalue weighted by atomic mass is 35.5. The Kier molecular flexibility index (Phi) is 5.99. The highest BCUT2D eigenvalue weighted by Gasteiger charge is 2.18. The molecular formula is C14H20ClN3S2. The number of hydrogen-bond acceptors (Lipinski definition) is 5. The summed E-state index contributed by atoms with van der Waals surface area (Å²) in [6, 6.07) is 2.85. The minimum absolute atomic E-state index is 0. The summed E-state index contributed by atoms with van der Waals surface area (Å²) in [5, 5.41) is 11.0. The largest absolute Gasteiger partial charge is 0.317 e. The summed E-state index contributed by atoms with van der Waals surface area (Å²) in [5.74, 6) is 0. The monoisotopic (exact) mass is 329 g/mol. The van der Waals surface area contributed by atoms with Crippen LogP contribution >= 0.6 is 35.1 Å². The Morgan fingerprint density at radius 1 is 1.35 bits per heavy atom. The number of thiophene rings is 1. The van der Waals surface area contributed by atoms with E-state index in [0.29, 0.717) is 6.04 Å². The molecule has 1 N–H and O–H groups in total. The molecular weight excluding hydrogens is 310 g/mol. The Balaban J connectivity index is 0.00000147. The van der Waals surface area contributed by atoms with Crippen LogP contribution in [0, 0.1) is 0 Å². The van der Waals surface area contributed by atoms with Crippen molar-refractivity contribution >= 4 is 35.1 Å². The number of nitrogens with one attached hydrogen (secondary N) is 1. The fraction of sp³-hybridized carbons (Fsp3) is 0.500. The summed E-state index contributed by atoms with van der Waals surface area (Å²) in [6.07, 6.45) is 2.50. The Morgan fingerprint density at radius 2 is 2.15 bits per heavy atom. The topological polar surface area (TPSA) is 28.2 Å². The second kappa shape index (κ2) is 7.52. The molecule has 20 heavy (non-hydrogen) atoms. The van der Waals surface area contributed by atoms with Crippen LogP contribution in [-0.4, -0.2) is 36.1 Å². The van der Waals surface area contributed by atoms with Gasteiger partial charge in [0.05, 0.1) is 5.69 Å². The van der Waals surface area contributed by atoms with Crippen molar-refractivity contribution in [2.45, 2.75) is 25.4 Å². The van der Waals surface area contributed by atoms with Crippen LogP contribution in [0.25, 0.3) is 10.6 Å². The van der Waals surface area contributed by atoms with Gasteiger partial charge in [-0.05, 0) is 31.3 Å². The van der Waals surface area contributed by atoms with Crippen molar-refractivity contribution in [3.63, 3.8) is 0 Å². The van der Waals surface area contributed by atoms with Crippen molar-refractivity contribution in [1.29, 1.82) is 0 Å². The Labute approximate surface area is 134 Å². The van der Waals surface area contributed by atoms with Gasteiger partial charge in [0.25, 0.3) is 0 Å². The van der Waals surface area contributed by atoms with Crippen LogP contribution in [0.5, 0.6) is 0 Å². The average Bonchev–Trinajstić information content (AvgIpc) is 3.10. The second-order valence-corrected chi connectivity index (χ2v) is 6.63. The van der Waals surface area contributed by atoms with Gasteiger partial charge in [0, 0.05) is 42.0 Å². The standard InChI is InChI=1S/C14H19N3S2.ClH/c1-15-12-2-5-17(6-3-12)8-13-10-19-14(16-13)11-4-7-18-9-11;/h4,7,9-10,12,15H,2-3,5-6,8H2,1H3;1H. The predicted octanol–water partition coefficient (Wildman–Crippen LogP) is 3.48.